The van der Waals surface area contributed by atoms with Gasteiger partial charge < -0.3 is 25.3 Å². The fourth-order valence-corrected chi connectivity index (χ4v) is 4.55. The number of amides is 3. The van der Waals surface area contributed by atoms with Crippen molar-refractivity contribution in [3.63, 3.8) is 0 Å². The number of nitrogens with one attached hydrogen (secondary N) is 3. The lowest BCUT2D eigenvalue weighted by Gasteiger charge is -2.32. The maximum Gasteiger partial charge on any atom is 0.315 e. The zero-order valence-corrected chi connectivity index (χ0v) is 19.7. The van der Waals surface area contributed by atoms with Crippen molar-refractivity contribution in [2.24, 2.45) is 5.92 Å². The van der Waals surface area contributed by atoms with Crippen molar-refractivity contribution in [2.45, 2.75) is 63.9 Å². The zero-order chi connectivity index (χ0) is 25.1. The Morgan fingerprint density at radius 2 is 1.91 bits per heavy atom. The van der Waals surface area contributed by atoms with E-state index in [1.54, 1.807) is 6.07 Å². The van der Waals surface area contributed by atoms with E-state index >= 15 is 0 Å². The van der Waals surface area contributed by atoms with E-state index in [-0.39, 0.29) is 54.9 Å². The molecule has 1 saturated heterocycles. The van der Waals surface area contributed by atoms with Gasteiger partial charge in [-0.2, -0.15) is 0 Å². The van der Waals surface area contributed by atoms with E-state index in [0.717, 1.165) is 25.0 Å². The van der Waals surface area contributed by atoms with Crippen molar-refractivity contribution in [3.05, 3.63) is 69.6 Å². The van der Waals surface area contributed by atoms with Crippen LogP contribution in [0.5, 0.6) is 0 Å². The molecule has 4 atom stereocenters. The first kappa shape index (κ1) is 24.8. The molecule has 1 aromatic carbocycles. The highest BCUT2D eigenvalue weighted by atomic mass is 19.2. The number of aromatic nitrogens is 1. The van der Waals surface area contributed by atoms with Gasteiger partial charge in [-0.05, 0) is 55.0 Å². The number of carbonyl (C=O) groups is 2. The summed E-state index contributed by atoms with van der Waals surface area (Å²) in [6, 6.07) is 6.14. The van der Waals surface area contributed by atoms with Gasteiger partial charge in [0.2, 0.25) is 0 Å². The second kappa shape index (κ2) is 10.6. The van der Waals surface area contributed by atoms with Gasteiger partial charge >= 0.3 is 6.03 Å². The number of benzene rings is 1. The van der Waals surface area contributed by atoms with Gasteiger partial charge in [-0.15, -0.1) is 0 Å². The molecule has 1 aliphatic heterocycles. The number of carbonyl (C=O) groups excluding carboxylic acids is 2. The minimum absolute atomic E-state index is 0.00309. The topological polar surface area (TPSA) is 101 Å². The Balaban J connectivity index is 1.38. The molecule has 3 unspecified atom stereocenters. The lowest BCUT2D eigenvalue weighted by atomic mass is 9.89. The number of pyridine rings is 1. The number of hydrogen-bond acceptors (Lipinski definition) is 4. The third kappa shape index (κ3) is 5.87. The molecule has 0 spiro atoms. The summed E-state index contributed by atoms with van der Waals surface area (Å²) in [4.78, 5) is 37.4. The normalized spacial score (nSPS) is 22.3. The quantitative estimate of drug-likeness (QED) is 0.532. The van der Waals surface area contributed by atoms with Gasteiger partial charge in [0.1, 0.15) is 5.56 Å². The highest BCUT2D eigenvalue weighted by Crippen LogP contribution is 2.25. The van der Waals surface area contributed by atoms with Gasteiger partial charge in [-0.1, -0.05) is 19.9 Å². The van der Waals surface area contributed by atoms with Crippen molar-refractivity contribution in [2.75, 3.05) is 6.61 Å². The summed E-state index contributed by atoms with van der Waals surface area (Å²) in [6.45, 7) is 4.20. The Kier molecular flexibility index (Phi) is 7.49. The molecule has 2 aromatic rings. The third-order valence-corrected chi connectivity index (χ3v) is 6.67. The van der Waals surface area contributed by atoms with Crippen molar-refractivity contribution in [1.29, 1.82) is 0 Å². The van der Waals surface area contributed by atoms with E-state index in [9.17, 15) is 23.2 Å². The molecular weight excluding hydrogens is 458 g/mol. The summed E-state index contributed by atoms with van der Waals surface area (Å²) in [5, 5.41) is 8.72. The molecule has 35 heavy (non-hydrogen) atoms. The molecular formula is C25H30F2N4O4. The predicted molar refractivity (Wildman–Crippen MR) is 125 cm³/mol. The van der Waals surface area contributed by atoms with E-state index in [4.69, 9.17) is 4.74 Å². The van der Waals surface area contributed by atoms with Crippen molar-refractivity contribution in [3.8, 4) is 0 Å². The number of hydrogen-bond donors (Lipinski definition) is 3. The van der Waals surface area contributed by atoms with Crippen LogP contribution in [-0.2, 0) is 11.3 Å². The summed E-state index contributed by atoms with van der Waals surface area (Å²) < 4.78 is 34.1. The van der Waals surface area contributed by atoms with Crippen LogP contribution >= 0.6 is 0 Å². The van der Waals surface area contributed by atoms with Crippen LogP contribution in [0.4, 0.5) is 13.6 Å². The largest absolute Gasteiger partial charge is 0.376 e. The van der Waals surface area contributed by atoms with Crippen LogP contribution in [0.15, 0.2) is 41.3 Å². The number of rotatable bonds is 8. The monoisotopic (exact) mass is 488 g/mol. The molecule has 4 rings (SSSR count). The second-order valence-electron chi connectivity index (χ2n) is 9.53. The number of halogens is 2. The van der Waals surface area contributed by atoms with E-state index in [0.29, 0.717) is 12.0 Å². The van der Waals surface area contributed by atoms with Gasteiger partial charge in [-0.3, -0.25) is 9.59 Å². The zero-order valence-electron chi connectivity index (χ0n) is 19.7. The summed E-state index contributed by atoms with van der Waals surface area (Å²) in [5.41, 5.74) is -0.165. The van der Waals surface area contributed by atoms with E-state index < -0.39 is 23.1 Å². The molecule has 3 N–H and O–H groups in total. The SMILES string of the molecule is CC(C)[C@@H](COC1CCC2NC(=O)NC2C1)NC(=O)c1cccn(Cc2ccc(F)c(F)c2)c1=O. The molecule has 2 aliphatic rings. The first-order valence-electron chi connectivity index (χ1n) is 11.8. The van der Waals surface area contributed by atoms with Crippen molar-refractivity contribution >= 4 is 11.9 Å². The first-order chi connectivity index (χ1) is 16.7. The molecule has 10 heteroatoms. The van der Waals surface area contributed by atoms with Crippen LogP contribution in [0.1, 0.15) is 49.0 Å². The molecule has 1 saturated carbocycles. The van der Waals surface area contributed by atoms with Crippen molar-refractivity contribution < 1.29 is 23.1 Å². The molecule has 1 aromatic heterocycles. The summed E-state index contributed by atoms with van der Waals surface area (Å²) in [7, 11) is 0. The van der Waals surface area contributed by atoms with Crippen LogP contribution in [0.25, 0.3) is 0 Å². The third-order valence-electron chi connectivity index (χ3n) is 6.67. The lowest BCUT2D eigenvalue weighted by Crippen LogP contribution is -2.46. The van der Waals surface area contributed by atoms with Crippen LogP contribution in [0.3, 0.4) is 0 Å². The van der Waals surface area contributed by atoms with E-state index in [1.807, 2.05) is 13.8 Å². The van der Waals surface area contributed by atoms with Gasteiger partial charge in [0, 0.05) is 6.20 Å². The number of urea groups is 1. The van der Waals surface area contributed by atoms with Crippen LogP contribution < -0.4 is 21.5 Å². The second-order valence-corrected chi connectivity index (χ2v) is 9.53. The molecule has 2 fully saturated rings. The standard InChI is InChI=1S/C25H30F2N4O4/c1-14(2)22(13-35-16-6-8-20-21(11-16)30-25(34)29-20)28-23(32)17-4-3-9-31(24(17)33)12-15-5-7-18(26)19(27)10-15/h3-5,7,9-10,14,16,20-22H,6,8,11-13H2,1-2H3,(H,28,32)(H2,29,30,34)/t16?,20?,21?,22-/m1/s1. The van der Waals surface area contributed by atoms with Gasteiger partial charge in [0.05, 0.1) is 37.4 Å². The summed E-state index contributed by atoms with van der Waals surface area (Å²) >= 11 is 0. The predicted octanol–water partition coefficient (Wildman–Crippen LogP) is 2.55. The molecule has 8 nitrogen and oxygen atoms in total. The minimum Gasteiger partial charge on any atom is -0.376 e. The summed E-state index contributed by atoms with van der Waals surface area (Å²) in [6.07, 6.45) is 3.81. The van der Waals surface area contributed by atoms with Gasteiger partial charge in [-0.25, -0.2) is 13.6 Å². The van der Waals surface area contributed by atoms with E-state index in [2.05, 4.69) is 16.0 Å². The van der Waals surface area contributed by atoms with E-state index in [1.165, 1.54) is 22.9 Å². The first-order valence-corrected chi connectivity index (χ1v) is 11.8. The average molecular weight is 489 g/mol. The molecule has 2 heterocycles. The number of ether oxygens (including phenoxy) is 1. The fraction of sp³-hybridized carbons (Fsp3) is 0.480. The highest BCUT2D eigenvalue weighted by Gasteiger charge is 2.37. The Morgan fingerprint density at radius 1 is 1.14 bits per heavy atom. The fourth-order valence-electron chi connectivity index (χ4n) is 4.55. The van der Waals surface area contributed by atoms with Gasteiger partial charge in [0.25, 0.3) is 11.5 Å². The van der Waals surface area contributed by atoms with Gasteiger partial charge in [0.15, 0.2) is 11.6 Å². The Morgan fingerprint density at radius 3 is 2.66 bits per heavy atom. The highest BCUT2D eigenvalue weighted by molar-refractivity contribution is 5.94. The Hall–Kier alpha value is -3.27. The molecule has 188 valence electrons. The molecule has 0 bridgehead atoms. The maximum absolute atomic E-state index is 13.5. The lowest BCUT2D eigenvalue weighted by molar-refractivity contribution is 0.00156. The molecule has 1 aliphatic carbocycles. The Labute approximate surface area is 202 Å². The van der Waals surface area contributed by atoms with Crippen molar-refractivity contribution in [1.82, 2.24) is 20.5 Å². The van der Waals surface area contributed by atoms with Crippen LogP contribution in [-0.4, -0.2) is 47.3 Å². The number of nitrogens with zero attached hydrogens (tertiary/aromatic N) is 1. The number of fused-ring (bicyclic) bond motifs is 1. The molecule has 3 amide bonds. The minimum atomic E-state index is -0.996. The van der Waals surface area contributed by atoms with Crippen LogP contribution in [0, 0.1) is 17.6 Å². The van der Waals surface area contributed by atoms with Crippen LogP contribution in [0.2, 0.25) is 0 Å². The smallest absolute Gasteiger partial charge is 0.315 e. The maximum atomic E-state index is 13.5. The molecule has 0 radical (unpaired) electrons. The summed E-state index contributed by atoms with van der Waals surface area (Å²) in [5.74, 6) is -2.43. The average Bonchev–Trinajstić information content (AvgIpc) is 3.19. The Bertz CT molecular complexity index is 1150.